The van der Waals surface area contributed by atoms with Gasteiger partial charge >= 0.3 is 0 Å². The fourth-order valence-electron chi connectivity index (χ4n) is 2.16. The number of rotatable bonds is 2. The predicted octanol–water partition coefficient (Wildman–Crippen LogP) is 3.66. The maximum absolute atomic E-state index is 12.5. The van der Waals surface area contributed by atoms with Gasteiger partial charge in [-0.05, 0) is 24.6 Å². The summed E-state index contributed by atoms with van der Waals surface area (Å²) in [5.74, 6) is -0.0540. The van der Waals surface area contributed by atoms with Crippen LogP contribution in [0.25, 0.3) is 22.1 Å². The van der Waals surface area contributed by atoms with Crippen molar-refractivity contribution in [3.8, 4) is 11.1 Å². The lowest BCUT2D eigenvalue weighted by Crippen LogP contribution is -2.05. The third-order valence-electron chi connectivity index (χ3n) is 3.27. The number of benzene rings is 2. The zero-order valence-electron chi connectivity index (χ0n) is 10.9. The highest BCUT2D eigenvalue weighted by molar-refractivity contribution is 5.97. The SMILES string of the molecule is CC(=O)c1ccc2c(=O)c(-c3ccccc3)coc2c1. The molecule has 2 aromatic carbocycles. The molecule has 0 spiro atoms. The van der Waals surface area contributed by atoms with Gasteiger partial charge in [-0.15, -0.1) is 0 Å². The van der Waals surface area contributed by atoms with E-state index >= 15 is 0 Å². The zero-order valence-corrected chi connectivity index (χ0v) is 10.9. The van der Waals surface area contributed by atoms with Crippen molar-refractivity contribution in [2.24, 2.45) is 0 Å². The van der Waals surface area contributed by atoms with E-state index < -0.39 is 0 Å². The molecule has 0 amide bonds. The van der Waals surface area contributed by atoms with Crippen LogP contribution in [0.3, 0.4) is 0 Å². The summed E-state index contributed by atoms with van der Waals surface area (Å²) in [6.07, 6.45) is 1.45. The van der Waals surface area contributed by atoms with Crippen molar-refractivity contribution in [2.75, 3.05) is 0 Å². The van der Waals surface area contributed by atoms with E-state index in [0.29, 0.717) is 22.1 Å². The number of Topliss-reactive ketones (excluding diaryl/α,β-unsaturated/α-hetero) is 1. The first-order chi connectivity index (χ1) is 9.66. The Kier molecular flexibility index (Phi) is 2.95. The maximum Gasteiger partial charge on any atom is 0.200 e. The van der Waals surface area contributed by atoms with Gasteiger partial charge in [0.15, 0.2) is 11.2 Å². The van der Waals surface area contributed by atoms with Gasteiger partial charge in [0.05, 0.1) is 10.9 Å². The maximum atomic E-state index is 12.5. The van der Waals surface area contributed by atoms with E-state index in [1.54, 1.807) is 18.2 Å². The summed E-state index contributed by atoms with van der Waals surface area (Å²) in [6.45, 7) is 1.48. The Morgan fingerprint density at radius 3 is 2.50 bits per heavy atom. The second kappa shape index (κ2) is 4.78. The van der Waals surface area contributed by atoms with Crippen molar-refractivity contribution in [1.29, 1.82) is 0 Å². The topological polar surface area (TPSA) is 47.3 Å². The minimum absolute atomic E-state index is 0.0540. The average molecular weight is 264 g/mol. The summed E-state index contributed by atoms with van der Waals surface area (Å²) >= 11 is 0. The summed E-state index contributed by atoms with van der Waals surface area (Å²) in [4.78, 5) is 23.8. The van der Waals surface area contributed by atoms with Crippen LogP contribution in [0.2, 0.25) is 0 Å². The Bertz CT molecular complexity index is 845. The molecule has 1 aromatic heterocycles. The fourth-order valence-corrected chi connectivity index (χ4v) is 2.16. The molecule has 3 nitrogen and oxygen atoms in total. The Balaban J connectivity index is 2.25. The van der Waals surface area contributed by atoms with Crippen LogP contribution in [0.15, 0.2) is 64.0 Å². The van der Waals surface area contributed by atoms with Crippen LogP contribution in [0, 0.1) is 0 Å². The molecule has 0 N–H and O–H groups in total. The molecule has 0 bridgehead atoms. The van der Waals surface area contributed by atoms with Crippen LogP contribution >= 0.6 is 0 Å². The van der Waals surface area contributed by atoms with Crippen LogP contribution in [-0.4, -0.2) is 5.78 Å². The lowest BCUT2D eigenvalue weighted by molar-refractivity contribution is 0.101. The highest BCUT2D eigenvalue weighted by Crippen LogP contribution is 2.20. The van der Waals surface area contributed by atoms with Crippen molar-refractivity contribution in [3.05, 3.63) is 70.6 Å². The third-order valence-corrected chi connectivity index (χ3v) is 3.27. The lowest BCUT2D eigenvalue weighted by Gasteiger charge is -2.03. The average Bonchev–Trinajstić information content (AvgIpc) is 2.48. The number of fused-ring (bicyclic) bond motifs is 1. The molecule has 0 unspecified atom stereocenters. The molecule has 20 heavy (non-hydrogen) atoms. The van der Waals surface area contributed by atoms with E-state index in [0.717, 1.165) is 5.56 Å². The van der Waals surface area contributed by atoms with Crippen LogP contribution in [0.1, 0.15) is 17.3 Å². The van der Waals surface area contributed by atoms with Gasteiger partial charge in [-0.25, -0.2) is 0 Å². The van der Waals surface area contributed by atoms with Gasteiger partial charge in [0.1, 0.15) is 11.8 Å². The molecule has 0 saturated carbocycles. The van der Waals surface area contributed by atoms with Gasteiger partial charge in [-0.3, -0.25) is 9.59 Å². The first-order valence-electron chi connectivity index (χ1n) is 6.29. The molecule has 0 aliphatic rings. The van der Waals surface area contributed by atoms with E-state index in [4.69, 9.17) is 4.42 Å². The van der Waals surface area contributed by atoms with Gasteiger partial charge < -0.3 is 4.42 Å². The normalized spacial score (nSPS) is 10.7. The largest absolute Gasteiger partial charge is 0.463 e. The summed E-state index contributed by atoms with van der Waals surface area (Å²) in [7, 11) is 0. The Morgan fingerprint density at radius 1 is 1.05 bits per heavy atom. The van der Waals surface area contributed by atoms with E-state index in [-0.39, 0.29) is 11.2 Å². The molecule has 1 heterocycles. The van der Waals surface area contributed by atoms with Crippen LogP contribution in [0.5, 0.6) is 0 Å². The van der Waals surface area contributed by atoms with E-state index in [1.807, 2.05) is 30.3 Å². The Labute approximate surface area is 115 Å². The van der Waals surface area contributed by atoms with Crippen molar-refractivity contribution in [2.45, 2.75) is 6.92 Å². The second-order valence-electron chi connectivity index (χ2n) is 4.61. The highest BCUT2D eigenvalue weighted by atomic mass is 16.3. The first-order valence-corrected chi connectivity index (χ1v) is 6.29. The number of carbonyl (C=O) groups excluding carboxylic acids is 1. The van der Waals surface area contributed by atoms with Crippen molar-refractivity contribution in [1.82, 2.24) is 0 Å². The number of hydrogen-bond acceptors (Lipinski definition) is 3. The Morgan fingerprint density at radius 2 is 1.80 bits per heavy atom. The van der Waals surface area contributed by atoms with Crippen LogP contribution in [-0.2, 0) is 0 Å². The molecular weight excluding hydrogens is 252 g/mol. The molecule has 0 saturated heterocycles. The van der Waals surface area contributed by atoms with Gasteiger partial charge in [0.2, 0.25) is 0 Å². The second-order valence-corrected chi connectivity index (χ2v) is 4.61. The lowest BCUT2D eigenvalue weighted by atomic mass is 10.0. The monoisotopic (exact) mass is 264 g/mol. The summed E-state index contributed by atoms with van der Waals surface area (Å²) < 4.78 is 5.52. The molecule has 0 atom stereocenters. The minimum Gasteiger partial charge on any atom is -0.463 e. The number of carbonyl (C=O) groups is 1. The van der Waals surface area contributed by atoms with Crippen LogP contribution in [0.4, 0.5) is 0 Å². The predicted molar refractivity (Wildman–Crippen MR) is 77.9 cm³/mol. The van der Waals surface area contributed by atoms with Gasteiger partial charge in [0.25, 0.3) is 0 Å². The molecular formula is C17H12O3. The quantitative estimate of drug-likeness (QED) is 0.663. The molecule has 3 aromatic rings. The summed E-state index contributed by atoms with van der Waals surface area (Å²) in [5, 5.41) is 0.483. The zero-order chi connectivity index (χ0) is 14.1. The first kappa shape index (κ1) is 12.4. The standard InChI is InChI=1S/C17H12O3/c1-11(18)13-7-8-14-16(9-13)20-10-15(17(14)19)12-5-3-2-4-6-12/h2-10H,1H3. The summed E-state index contributed by atoms with van der Waals surface area (Å²) in [5.41, 5.74) is 2.22. The van der Waals surface area contributed by atoms with E-state index in [2.05, 4.69) is 0 Å². The van der Waals surface area contributed by atoms with E-state index in [1.165, 1.54) is 13.2 Å². The minimum atomic E-state index is -0.0902. The molecule has 0 fully saturated rings. The molecule has 3 rings (SSSR count). The van der Waals surface area contributed by atoms with E-state index in [9.17, 15) is 9.59 Å². The molecule has 0 radical (unpaired) electrons. The van der Waals surface area contributed by atoms with Gasteiger partial charge in [-0.2, -0.15) is 0 Å². The van der Waals surface area contributed by atoms with Gasteiger partial charge in [-0.1, -0.05) is 36.4 Å². The smallest absolute Gasteiger partial charge is 0.200 e. The molecule has 98 valence electrons. The summed E-state index contributed by atoms with van der Waals surface area (Å²) in [6, 6.07) is 14.3. The highest BCUT2D eigenvalue weighted by Gasteiger charge is 2.10. The van der Waals surface area contributed by atoms with Crippen molar-refractivity contribution in [3.63, 3.8) is 0 Å². The number of hydrogen-bond donors (Lipinski definition) is 0. The molecule has 3 heteroatoms. The third kappa shape index (κ3) is 2.03. The van der Waals surface area contributed by atoms with Crippen molar-refractivity contribution < 1.29 is 9.21 Å². The molecule has 0 aliphatic heterocycles. The van der Waals surface area contributed by atoms with Crippen molar-refractivity contribution >= 4 is 16.8 Å². The fraction of sp³-hybridized carbons (Fsp3) is 0.0588. The van der Waals surface area contributed by atoms with Crippen LogP contribution < -0.4 is 5.43 Å². The molecule has 0 aliphatic carbocycles. The number of ketones is 1. The van der Waals surface area contributed by atoms with Gasteiger partial charge in [0, 0.05) is 5.56 Å². The Hall–Kier alpha value is -2.68.